The van der Waals surface area contributed by atoms with E-state index < -0.39 is 36.1 Å². The molecule has 2 atom stereocenters. The number of amides is 2. The zero-order valence-electron chi connectivity index (χ0n) is 12.3. The van der Waals surface area contributed by atoms with Crippen molar-refractivity contribution in [2.75, 3.05) is 20.3 Å². The van der Waals surface area contributed by atoms with Crippen molar-refractivity contribution in [1.29, 1.82) is 0 Å². The highest BCUT2D eigenvalue weighted by Gasteiger charge is 2.19. The van der Waals surface area contributed by atoms with Crippen molar-refractivity contribution >= 4 is 6.03 Å². The first-order chi connectivity index (χ1) is 10.4. The van der Waals surface area contributed by atoms with E-state index in [9.17, 15) is 23.1 Å². The Balaban J connectivity index is 2.70. The number of hydrogen-bond donors (Lipinski definition) is 3. The number of ether oxygens (including phenoxy) is 1. The van der Waals surface area contributed by atoms with Crippen LogP contribution in [0.4, 0.5) is 18.0 Å². The molecule has 3 N–H and O–H groups in total. The molecular formula is C14H19F3N2O3. The molecular weight excluding hydrogens is 301 g/mol. The monoisotopic (exact) mass is 320 g/mol. The van der Waals surface area contributed by atoms with Crippen LogP contribution in [0.2, 0.25) is 0 Å². The molecule has 0 aliphatic rings. The number of rotatable bonds is 7. The van der Waals surface area contributed by atoms with Crippen LogP contribution in [-0.2, 0) is 4.74 Å². The van der Waals surface area contributed by atoms with Crippen molar-refractivity contribution in [3.05, 3.63) is 35.1 Å². The van der Waals surface area contributed by atoms with Crippen LogP contribution < -0.4 is 10.6 Å². The lowest BCUT2D eigenvalue weighted by Crippen LogP contribution is -2.43. The van der Waals surface area contributed by atoms with Gasteiger partial charge in [0, 0.05) is 19.8 Å². The summed E-state index contributed by atoms with van der Waals surface area (Å²) in [4.78, 5) is 11.8. The molecule has 2 unspecified atom stereocenters. The Kier molecular flexibility index (Phi) is 7.13. The van der Waals surface area contributed by atoms with E-state index >= 15 is 0 Å². The molecule has 0 spiro atoms. The first-order valence-electron chi connectivity index (χ1n) is 6.70. The van der Waals surface area contributed by atoms with Crippen molar-refractivity contribution in [3.8, 4) is 0 Å². The SMILES string of the molecule is COCCC(C)NC(=O)NC(CO)c1cc(F)c(F)c(F)c1. The second-order valence-corrected chi connectivity index (χ2v) is 4.83. The van der Waals surface area contributed by atoms with E-state index in [4.69, 9.17) is 4.74 Å². The van der Waals surface area contributed by atoms with Crippen LogP contribution in [-0.4, -0.2) is 37.5 Å². The summed E-state index contributed by atoms with van der Waals surface area (Å²) in [6, 6.07) is -0.407. The molecule has 0 radical (unpaired) electrons. The molecule has 5 nitrogen and oxygen atoms in total. The van der Waals surface area contributed by atoms with Crippen molar-refractivity contribution < 1.29 is 27.8 Å². The van der Waals surface area contributed by atoms with E-state index in [1.54, 1.807) is 6.92 Å². The second kappa shape index (κ2) is 8.60. The van der Waals surface area contributed by atoms with E-state index in [1.165, 1.54) is 7.11 Å². The fourth-order valence-electron chi connectivity index (χ4n) is 1.80. The van der Waals surface area contributed by atoms with Gasteiger partial charge in [0.25, 0.3) is 0 Å². The first kappa shape index (κ1) is 18.2. The van der Waals surface area contributed by atoms with Gasteiger partial charge in [-0.25, -0.2) is 18.0 Å². The molecule has 8 heteroatoms. The van der Waals surface area contributed by atoms with Crippen LogP contribution in [0.1, 0.15) is 24.9 Å². The number of urea groups is 1. The van der Waals surface area contributed by atoms with Gasteiger partial charge >= 0.3 is 6.03 Å². The predicted molar refractivity (Wildman–Crippen MR) is 73.8 cm³/mol. The summed E-state index contributed by atoms with van der Waals surface area (Å²) in [7, 11) is 1.53. The molecule has 0 heterocycles. The third kappa shape index (κ3) is 5.19. The van der Waals surface area contributed by atoms with Crippen LogP contribution in [0.5, 0.6) is 0 Å². The Bertz CT molecular complexity index is 491. The number of methoxy groups -OCH3 is 1. The van der Waals surface area contributed by atoms with Crippen molar-refractivity contribution in [1.82, 2.24) is 10.6 Å². The number of aliphatic hydroxyl groups is 1. The maximum atomic E-state index is 13.2. The Morgan fingerprint density at radius 1 is 1.27 bits per heavy atom. The van der Waals surface area contributed by atoms with E-state index in [0.717, 1.165) is 12.1 Å². The Morgan fingerprint density at radius 2 is 1.86 bits per heavy atom. The van der Waals surface area contributed by atoms with E-state index in [2.05, 4.69) is 10.6 Å². The Labute approximate surface area is 126 Å². The summed E-state index contributed by atoms with van der Waals surface area (Å²) < 4.78 is 44.1. The maximum Gasteiger partial charge on any atom is 0.315 e. The number of hydrogen-bond acceptors (Lipinski definition) is 3. The molecule has 0 bridgehead atoms. The topological polar surface area (TPSA) is 70.6 Å². The van der Waals surface area contributed by atoms with Gasteiger partial charge in [-0.3, -0.25) is 0 Å². The Hall–Kier alpha value is -1.80. The van der Waals surface area contributed by atoms with Gasteiger partial charge in [-0.15, -0.1) is 0 Å². The minimum atomic E-state index is -1.60. The highest BCUT2D eigenvalue weighted by Crippen LogP contribution is 2.19. The van der Waals surface area contributed by atoms with Crippen molar-refractivity contribution in [3.63, 3.8) is 0 Å². The average molecular weight is 320 g/mol. The van der Waals surface area contributed by atoms with E-state index in [-0.39, 0.29) is 11.6 Å². The maximum absolute atomic E-state index is 13.2. The highest BCUT2D eigenvalue weighted by molar-refractivity contribution is 5.74. The highest BCUT2D eigenvalue weighted by atomic mass is 19.2. The standard InChI is InChI=1S/C14H19F3N2O3/c1-8(3-4-22-2)18-14(21)19-12(7-20)9-5-10(15)13(17)11(16)6-9/h5-6,8,12,20H,3-4,7H2,1-2H3,(H2,18,19,21). The number of carbonyl (C=O) groups excluding carboxylic acids is 1. The van der Waals surface area contributed by atoms with Crippen LogP contribution in [0.25, 0.3) is 0 Å². The molecule has 1 aromatic rings. The molecule has 0 saturated heterocycles. The van der Waals surface area contributed by atoms with Crippen molar-refractivity contribution in [2.24, 2.45) is 0 Å². The van der Waals surface area contributed by atoms with E-state index in [1.807, 2.05) is 0 Å². The summed E-state index contributed by atoms with van der Waals surface area (Å²) in [5.74, 6) is -4.37. The minimum Gasteiger partial charge on any atom is -0.394 e. The van der Waals surface area contributed by atoms with Gasteiger partial charge in [-0.1, -0.05) is 0 Å². The van der Waals surface area contributed by atoms with Gasteiger partial charge in [0.15, 0.2) is 17.5 Å². The van der Waals surface area contributed by atoms with Gasteiger partial charge in [0.2, 0.25) is 0 Å². The lowest BCUT2D eigenvalue weighted by atomic mass is 10.1. The lowest BCUT2D eigenvalue weighted by molar-refractivity contribution is 0.182. The first-order valence-corrected chi connectivity index (χ1v) is 6.70. The molecule has 2 amide bonds. The number of nitrogens with one attached hydrogen (secondary N) is 2. The van der Waals surface area contributed by atoms with Crippen LogP contribution in [0.3, 0.4) is 0 Å². The number of carbonyl (C=O) groups is 1. The molecule has 22 heavy (non-hydrogen) atoms. The fraction of sp³-hybridized carbons (Fsp3) is 0.500. The normalized spacial score (nSPS) is 13.5. The number of benzene rings is 1. The summed E-state index contributed by atoms with van der Waals surface area (Å²) in [5.41, 5.74) is -0.0707. The summed E-state index contributed by atoms with van der Waals surface area (Å²) in [6.07, 6.45) is 0.577. The number of halogens is 3. The van der Waals surface area contributed by atoms with Gasteiger partial charge in [0.1, 0.15) is 0 Å². The van der Waals surface area contributed by atoms with Crippen LogP contribution in [0.15, 0.2) is 12.1 Å². The van der Waals surface area contributed by atoms with Gasteiger partial charge < -0.3 is 20.5 Å². The molecule has 0 aliphatic carbocycles. The third-order valence-corrected chi connectivity index (χ3v) is 3.03. The summed E-state index contributed by atoms with van der Waals surface area (Å²) in [5, 5.41) is 14.2. The fourth-order valence-corrected chi connectivity index (χ4v) is 1.80. The third-order valence-electron chi connectivity index (χ3n) is 3.03. The summed E-state index contributed by atoms with van der Waals surface area (Å²) in [6.45, 7) is 1.62. The van der Waals surface area contributed by atoms with Gasteiger partial charge in [0.05, 0.1) is 12.6 Å². The number of aliphatic hydroxyl groups excluding tert-OH is 1. The van der Waals surface area contributed by atoms with Gasteiger partial charge in [-0.05, 0) is 31.0 Å². The summed E-state index contributed by atoms with van der Waals surface area (Å²) >= 11 is 0. The zero-order chi connectivity index (χ0) is 16.7. The molecule has 0 saturated carbocycles. The molecule has 0 aliphatic heterocycles. The van der Waals surface area contributed by atoms with Crippen LogP contribution >= 0.6 is 0 Å². The van der Waals surface area contributed by atoms with Crippen LogP contribution in [0, 0.1) is 17.5 Å². The molecule has 124 valence electrons. The van der Waals surface area contributed by atoms with Gasteiger partial charge in [-0.2, -0.15) is 0 Å². The van der Waals surface area contributed by atoms with E-state index in [0.29, 0.717) is 13.0 Å². The molecule has 0 aromatic heterocycles. The largest absolute Gasteiger partial charge is 0.394 e. The second-order valence-electron chi connectivity index (χ2n) is 4.83. The molecule has 1 aromatic carbocycles. The molecule has 1 rings (SSSR count). The quantitative estimate of drug-likeness (QED) is 0.672. The lowest BCUT2D eigenvalue weighted by Gasteiger charge is -2.20. The predicted octanol–water partition coefficient (Wildman–Crippen LogP) is 1.86. The Morgan fingerprint density at radius 3 is 2.36 bits per heavy atom. The van der Waals surface area contributed by atoms with Crippen molar-refractivity contribution in [2.45, 2.75) is 25.4 Å². The zero-order valence-corrected chi connectivity index (χ0v) is 12.3. The smallest absolute Gasteiger partial charge is 0.315 e. The minimum absolute atomic E-state index is 0.0707. The average Bonchev–Trinajstić information content (AvgIpc) is 2.47. The molecule has 0 fully saturated rings.